The number of rotatable bonds is 2. The van der Waals surface area contributed by atoms with Crippen LogP contribution >= 0.6 is 0 Å². The fraction of sp³-hybridized carbons (Fsp3) is 0.571. The van der Waals surface area contributed by atoms with Gasteiger partial charge in [0.15, 0.2) is 0 Å². The lowest BCUT2D eigenvalue weighted by molar-refractivity contribution is 0.302. The number of benzene rings is 1. The Bertz CT molecular complexity index is 371. The number of hydrogen-bond acceptors (Lipinski definition) is 2. The molecule has 0 amide bonds. The summed E-state index contributed by atoms with van der Waals surface area (Å²) in [7, 11) is 0. The fourth-order valence-corrected chi connectivity index (χ4v) is 2.15. The summed E-state index contributed by atoms with van der Waals surface area (Å²) in [6.07, 6.45) is 0. The molecule has 0 aliphatic carbocycles. The van der Waals surface area contributed by atoms with Crippen LogP contribution in [0.2, 0.25) is 0 Å². The average molecular weight is 219 g/mol. The van der Waals surface area contributed by atoms with Crippen LogP contribution < -0.4 is 9.64 Å². The van der Waals surface area contributed by atoms with Gasteiger partial charge in [-0.3, -0.25) is 0 Å². The largest absolute Gasteiger partial charge is 0.490 e. The third-order valence-corrected chi connectivity index (χ3v) is 3.17. The molecule has 0 fully saturated rings. The van der Waals surface area contributed by atoms with Crippen LogP contribution in [0.3, 0.4) is 0 Å². The first-order chi connectivity index (χ1) is 7.59. The van der Waals surface area contributed by atoms with Gasteiger partial charge in [0.1, 0.15) is 12.4 Å². The van der Waals surface area contributed by atoms with Crippen molar-refractivity contribution < 1.29 is 4.74 Å². The lowest BCUT2D eigenvalue weighted by atomic mass is 10.0. The Hall–Kier alpha value is -1.18. The Kier molecular flexibility index (Phi) is 3.08. The van der Waals surface area contributed by atoms with Crippen LogP contribution in [0.1, 0.15) is 39.2 Å². The summed E-state index contributed by atoms with van der Waals surface area (Å²) in [5, 5.41) is 0. The van der Waals surface area contributed by atoms with E-state index in [1.54, 1.807) is 0 Å². The third kappa shape index (κ3) is 2.01. The van der Waals surface area contributed by atoms with Gasteiger partial charge in [-0.15, -0.1) is 0 Å². The maximum Gasteiger partial charge on any atom is 0.142 e. The van der Waals surface area contributed by atoms with Crippen LogP contribution in [0.25, 0.3) is 0 Å². The van der Waals surface area contributed by atoms with E-state index in [4.69, 9.17) is 4.74 Å². The van der Waals surface area contributed by atoms with E-state index in [0.29, 0.717) is 12.0 Å². The van der Waals surface area contributed by atoms with E-state index in [9.17, 15) is 0 Å². The maximum atomic E-state index is 5.75. The molecule has 16 heavy (non-hydrogen) atoms. The minimum atomic E-state index is 0.535. The SMILES string of the molecule is CC(C)c1ccc2c(c1)OCCN2C(C)C. The van der Waals surface area contributed by atoms with Crippen LogP contribution in [-0.4, -0.2) is 19.2 Å². The molecule has 1 heterocycles. The molecule has 1 aliphatic heterocycles. The van der Waals surface area contributed by atoms with E-state index < -0.39 is 0 Å². The molecular formula is C14H21NO. The Labute approximate surface area is 98.2 Å². The lowest BCUT2D eigenvalue weighted by Crippen LogP contribution is -2.37. The maximum absolute atomic E-state index is 5.75. The number of ether oxygens (including phenoxy) is 1. The van der Waals surface area contributed by atoms with Crippen molar-refractivity contribution in [3.8, 4) is 5.75 Å². The zero-order valence-electron chi connectivity index (χ0n) is 10.7. The summed E-state index contributed by atoms with van der Waals surface area (Å²) in [6, 6.07) is 7.14. The lowest BCUT2D eigenvalue weighted by Gasteiger charge is -2.34. The van der Waals surface area contributed by atoms with E-state index >= 15 is 0 Å². The molecule has 0 saturated heterocycles. The van der Waals surface area contributed by atoms with Crippen molar-refractivity contribution in [3.05, 3.63) is 23.8 Å². The number of anilines is 1. The van der Waals surface area contributed by atoms with Crippen LogP contribution in [-0.2, 0) is 0 Å². The Morgan fingerprint density at radius 3 is 2.56 bits per heavy atom. The van der Waals surface area contributed by atoms with E-state index in [0.717, 1.165) is 18.9 Å². The molecule has 2 heteroatoms. The van der Waals surface area contributed by atoms with Crippen molar-refractivity contribution in [1.82, 2.24) is 0 Å². The first kappa shape index (κ1) is 11.3. The molecule has 0 radical (unpaired) electrons. The molecule has 0 atom stereocenters. The Morgan fingerprint density at radius 1 is 1.19 bits per heavy atom. The van der Waals surface area contributed by atoms with Crippen molar-refractivity contribution in [3.63, 3.8) is 0 Å². The normalized spacial score (nSPS) is 15.2. The predicted molar refractivity (Wildman–Crippen MR) is 68.5 cm³/mol. The topological polar surface area (TPSA) is 12.5 Å². The number of hydrogen-bond donors (Lipinski definition) is 0. The van der Waals surface area contributed by atoms with Gasteiger partial charge in [-0.05, 0) is 37.5 Å². The summed E-state index contributed by atoms with van der Waals surface area (Å²) in [5.41, 5.74) is 2.59. The van der Waals surface area contributed by atoms with Crippen LogP contribution in [0.5, 0.6) is 5.75 Å². The van der Waals surface area contributed by atoms with Crippen molar-refractivity contribution in [1.29, 1.82) is 0 Å². The van der Waals surface area contributed by atoms with Gasteiger partial charge in [0.2, 0.25) is 0 Å². The Morgan fingerprint density at radius 2 is 1.94 bits per heavy atom. The standard InChI is InChI=1S/C14H21NO/c1-10(2)12-5-6-13-14(9-12)16-8-7-15(13)11(3)4/h5-6,9-11H,7-8H2,1-4H3. The first-order valence-corrected chi connectivity index (χ1v) is 6.13. The molecule has 0 N–H and O–H groups in total. The van der Waals surface area contributed by atoms with Crippen molar-refractivity contribution >= 4 is 5.69 Å². The highest BCUT2D eigenvalue weighted by Crippen LogP contribution is 2.35. The minimum Gasteiger partial charge on any atom is -0.490 e. The smallest absolute Gasteiger partial charge is 0.142 e. The van der Waals surface area contributed by atoms with Crippen LogP contribution in [0, 0.1) is 0 Å². The summed E-state index contributed by atoms with van der Waals surface area (Å²) < 4.78 is 5.75. The average Bonchev–Trinajstić information content (AvgIpc) is 2.27. The van der Waals surface area contributed by atoms with Crippen molar-refractivity contribution in [2.24, 2.45) is 0 Å². The predicted octanol–water partition coefficient (Wildman–Crippen LogP) is 3.42. The summed E-state index contributed by atoms with van der Waals surface area (Å²) in [4.78, 5) is 2.41. The number of nitrogens with zero attached hydrogens (tertiary/aromatic N) is 1. The van der Waals surface area contributed by atoms with Crippen molar-refractivity contribution in [2.75, 3.05) is 18.1 Å². The summed E-state index contributed by atoms with van der Waals surface area (Å²) in [6.45, 7) is 10.7. The van der Waals surface area contributed by atoms with Crippen LogP contribution in [0.15, 0.2) is 18.2 Å². The summed E-state index contributed by atoms with van der Waals surface area (Å²) >= 11 is 0. The Balaban J connectivity index is 2.37. The monoisotopic (exact) mass is 219 g/mol. The van der Waals surface area contributed by atoms with Gasteiger partial charge in [-0.25, -0.2) is 0 Å². The molecule has 0 bridgehead atoms. The third-order valence-electron chi connectivity index (χ3n) is 3.17. The van der Waals surface area contributed by atoms with E-state index in [1.807, 2.05) is 0 Å². The second-order valence-corrected chi connectivity index (χ2v) is 5.02. The number of fused-ring (bicyclic) bond motifs is 1. The second-order valence-electron chi connectivity index (χ2n) is 5.02. The van der Waals surface area contributed by atoms with Gasteiger partial charge in [-0.1, -0.05) is 19.9 Å². The van der Waals surface area contributed by atoms with E-state index in [1.165, 1.54) is 11.3 Å². The highest BCUT2D eigenvalue weighted by Gasteiger charge is 2.20. The molecule has 1 aromatic carbocycles. The van der Waals surface area contributed by atoms with Gasteiger partial charge in [0, 0.05) is 6.04 Å². The van der Waals surface area contributed by atoms with Gasteiger partial charge < -0.3 is 9.64 Å². The first-order valence-electron chi connectivity index (χ1n) is 6.13. The summed E-state index contributed by atoms with van der Waals surface area (Å²) in [5.74, 6) is 1.61. The van der Waals surface area contributed by atoms with E-state index in [-0.39, 0.29) is 0 Å². The molecule has 88 valence electrons. The quantitative estimate of drug-likeness (QED) is 0.755. The molecule has 0 aromatic heterocycles. The molecule has 2 rings (SSSR count). The van der Waals surface area contributed by atoms with Gasteiger partial charge in [0.25, 0.3) is 0 Å². The van der Waals surface area contributed by atoms with Gasteiger partial charge >= 0.3 is 0 Å². The molecule has 0 unspecified atom stereocenters. The zero-order valence-corrected chi connectivity index (χ0v) is 10.7. The minimum absolute atomic E-state index is 0.535. The molecule has 0 saturated carbocycles. The van der Waals surface area contributed by atoms with Crippen LogP contribution in [0.4, 0.5) is 5.69 Å². The highest BCUT2D eigenvalue weighted by molar-refractivity contribution is 5.61. The molecule has 0 spiro atoms. The highest BCUT2D eigenvalue weighted by atomic mass is 16.5. The van der Waals surface area contributed by atoms with Gasteiger partial charge in [0.05, 0.1) is 12.2 Å². The fourth-order valence-electron chi connectivity index (χ4n) is 2.15. The molecule has 2 nitrogen and oxygen atoms in total. The molecular weight excluding hydrogens is 198 g/mol. The zero-order chi connectivity index (χ0) is 11.7. The van der Waals surface area contributed by atoms with Gasteiger partial charge in [-0.2, -0.15) is 0 Å². The molecule has 1 aromatic rings. The van der Waals surface area contributed by atoms with E-state index in [2.05, 4.69) is 50.8 Å². The molecule has 1 aliphatic rings. The second kappa shape index (κ2) is 4.36. The van der Waals surface area contributed by atoms with Crippen molar-refractivity contribution in [2.45, 2.75) is 39.7 Å².